The van der Waals surface area contributed by atoms with Crippen LogP contribution in [-0.2, 0) is 5.41 Å². The van der Waals surface area contributed by atoms with Gasteiger partial charge in [0.05, 0.1) is 6.10 Å². The second-order valence-electron chi connectivity index (χ2n) is 6.04. The largest absolute Gasteiger partial charge is 0.393 e. The molecular weight excluding hydrogens is 238 g/mol. The van der Waals surface area contributed by atoms with Gasteiger partial charge in [0.2, 0.25) is 0 Å². The molecule has 0 spiro atoms. The molecule has 1 unspecified atom stereocenters. The Labute approximate surface area is 116 Å². The molecule has 19 heavy (non-hydrogen) atoms. The molecule has 1 aromatic rings. The highest BCUT2D eigenvalue weighted by Gasteiger charge is 2.20. The van der Waals surface area contributed by atoms with E-state index in [0.717, 1.165) is 17.5 Å². The number of aliphatic hydroxyl groups is 1. The van der Waals surface area contributed by atoms with Gasteiger partial charge in [-0.3, -0.25) is 4.79 Å². The minimum Gasteiger partial charge on any atom is -0.393 e. The second-order valence-corrected chi connectivity index (χ2v) is 6.04. The fourth-order valence-electron chi connectivity index (χ4n) is 2.03. The fraction of sp³-hybridized carbons (Fsp3) is 0.562. The molecule has 1 aromatic carbocycles. The summed E-state index contributed by atoms with van der Waals surface area (Å²) in [5.74, 6) is -0.0314. The average Bonchev–Trinajstić information content (AvgIpc) is 2.33. The first-order chi connectivity index (χ1) is 8.82. The lowest BCUT2D eigenvalue weighted by Gasteiger charge is -2.22. The first-order valence-corrected chi connectivity index (χ1v) is 6.88. The Kier molecular flexibility index (Phi) is 5.55. The highest BCUT2D eigenvalue weighted by atomic mass is 16.3. The van der Waals surface area contributed by atoms with Gasteiger partial charge in [0.1, 0.15) is 0 Å². The number of hydrogen-bond acceptors (Lipinski definition) is 2. The van der Waals surface area contributed by atoms with Gasteiger partial charge in [0.15, 0.2) is 0 Å². The SMILES string of the molecule is CC(O)CCCNC(=O)c1ccccc1C(C)(C)C. The Bertz CT molecular complexity index is 419. The lowest BCUT2D eigenvalue weighted by molar-refractivity contribution is 0.0947. The van der Waals surface area contributed by atoms with Crippen molar-refractivity contribution in [1.82, 2.24) is 5.32 Å². The molecule has 1 atom stereocenters. The van der Waals surface area contributed by atoms with Crippen molar-refractivity contribution < 1.29 is 9.90 Å². The third-order valence-electron chi connectivity index (χ3n) is 3.06. The van der Waals surface area contributed by atoms with E-state index in [1.54, 1.807) is 6.92 Å². The summed E-state index contributed by atoms with van der Waals surface area (Å²) in [7, 11) is 0. The van der Waals surface area contributed by atoms with Gasteiger partial charge in [-0.05, 0) is 36.8 Å². The molecule has 0 aliphatic heterocycles. The molecular formula is C16H25NO2. The minimum absolute atomic E-state index is 0.0314. The number of nitrogens with one attached hydrogen (secondary N) is 1. The molecule has 0 radical (unpaired) electrons. The zero-order valence-electron chi connectivity index (χ0n) is 12.4. The van der Waals surface area contributed by atoms with Crippen LogP contribution in [0.4, 0.5) is 0 Å². The van der Waals surface area contributed by atoms with Crippen LogP contribution < -0.4 is 5.32 Å². The van der Waals surface area contributed by atoms with Crippen LogP contribution in [0.25, 0.3) is 0 Å². The van der Waals surface area contributed by atoms with Gasteiger partial charge in [-0.25, -0.2) is 0 Å². The summed E-state index contributed by atoms with van der Waals surface area (Å²) < 4.78 is 0. The zero-order chi connectivity index (χ0) is 14.5. The number of benzene rings is 1. The van der Waals surface area contributed by atoms with Gasteiger partial charge >= 0.3 is 0 Å². The van der Waals surface area contributed by atoms with Crippen LogP contribution in [-0.4, -0.2) is 23.7 Å². The quantitative estimate of drug-likeness (QED) is 0.803. The van der Waals surface area contributed by atoms with Crippen molar-refractivity contribution in [2.24, 2.45) is 0 Å². The fourth-order valence-corrected chi connectivity index (χ4v) is 2.03. The molecule has 0 bridgehead atoms. The van der Waals surface area contributed by atoms with Crippen molar-refractivity contribution in [3.8, 4) is 0 Å². The molecule has 0 saturated heterocycles. The van der Waals surface area contributed by atoms with E-state index in [1.165, 1.54) is 0 Å². The van der Waals surface area contributed by atoms with Crippen LogP contribution in [0.15, 0.2) is 24.3 Å². The van der Waals surface area contributed by atoms with Gasteiger partial charge < -0.3 is 10.4 Å². The number of carbonyl (C=O) groups excluding carboxylic acids is 1. The smallest absolute Gasteiger partial charge is 0.251 e. The van der Waals surface area contributed by atoms with E-state index in [4.69, 9.17) is 0 Å². The van der Waals surface area contributed by atoms with Gasteiger partial charge in [0, 0.05) is 12.1 Å². The maximum Gasteiger partial charge on any atom is 0.251 e. The van der Waals surface area contributed by atoms with E-state index in [-0.39, 0.29) is 17.4 Å². The lowest BCUT2D eigenvalue weighted by atomic mass is 9.83. The number of amides is 1. The highest BCUT2D eigenvalue weighted by molar-refractivity contribution is 5.96. The normalized spacial score (nSPS) is 13.1. The third kappa shape index (κ3) is 5.03. The topological polar surface area (TPSA) is 49.3 Å². The van der Waals surface area contributed by atoms with Crippen molar-refractivity contribution in [3.63, 3.8) is 0 Å². The molecule has 1 amide bonds. The predicted molar refractivity (Wildman–Crippen MR) is 78.4 cm³/mol. The summed E-state index contributed by atoms with van der Waals surface area (Å²) >= 11 is 0. The molecule has 1 rings (SSSR count). The number of carbonyl (C=O) groups is 1. The van der Waals surface area contributed by atoms with Crippen molar-refractivity contribution in [3.05, 3.63) is 35.4 Å². The molecule has 0 aliphatic carbocycles. The van der Waals surface area contributed by atoms with Gasteiger partial charge in [0.25, 0.3) is 5.91 Å². The van der Waals surface area contributed by atoms with Gasteiger partial charge in [-0.1, -0.05) is 39.0 Å². The molecule has 3 nitrogen and oxygen atoms in total. The Hall–Kier alpha value is -1.35. The van der Waals surface area contributed by atoms with Crippen LogP contribution in [0.2, 0.25) is 0 Å². The summed E-state index contributed by atoms with van der Waals surface area (Å²) in [5.41, 5.74) is 1.75. The third-order valence-corrected chi connectivity index (χ3v) is 3.06. The predicted octanol–water partition coefficient (Wildman–Crippen LogP) is 2.87. The van der Waals surface area contributed by atoms with Crippen molar-refractivity contribution in [2.75, 3.05) is 6.54 Å². The lowest BCUT2D eigenvalue weighted by Crippen LogP contribution is -2.28. The van der Waals surface area contributed by atoms with Crippen LogP contribution in [0, 0.1) is 0 Å². The molecule has 2 N–H and O–H groups in total. The van der Waals surface area contributed by atoms with Crippen LogP contribution in [0.5, 0.6) is 0 Å². The van der Waals surface area contributed by atoms with E-state index >= 15 is 0 Å². The van der Waals surface area contributed by atoms with E-state index in [9.17, 15) is 9.90 Å². The van der Waals surface area contributed by atoms with Crippen molar-refractivity contribution in [1.29, 1.82) is 0 Å². The number of rotatable bonds is 5. The standard InChI is InChI=1S/C16H25NO2/c1-12(18)8-7-11-17-15(19)13-9-5-6-10-14(13)16(2,3)4/h5-6,9-10,12,18H,7-8,11H2,1-4H3,(H,17,19). The van der Waals surface area contributed by atoms with Gasteiger partial charge in [-0.15, -0.1) is 0 Å². The van der Waals surface area contributed by atoms with Crippen molar-refractivity contribution in [2.45, 2.75) is 52.1 Å². The Morgan fingerprint density at radius 2 is 1.95 bits per heavy atom. The molecule has 0 aliphatic rings. The minimum atomic E-state index is -0.307. The molecule has 0 aromatic heterocycles. The average molecular weight is 263 g/mol. The van der Waals surface area contributed by atoms with Gasteiger partial charge in [-0.2, -0.15) is 0 Å². The Morgan fingerprint density at radius 3 is 2.53 bits per heavy atom. The number of aliphatic hydroxyl groups excluding tert-OH is 1. The van der Waals surface area contributed by atoms with E-state index in [2.05, 4.69) is 26.1 Å². The molecule has 106 valence electrons. The maximum atomic E-state index is 12.2. The van der Waals surface area contributed by atoms with E-state index in [0.29, 0.717) is 13.0 Å². The molecule has 0 fully saturated rings. The van der Waals surface area contributed by atoms with Crippen molar-refractivity contribution >= 4 is 5.91 Å². The Morgan fingerprint density at radius 1 is 1.32 bits per heavy atom. The zero-order valence-corrected chi connectivity index (χ0v) is 12.4. The van der Waals surface area contributed by atoms with Crippen LogP contribution in [0.1, 0.15) is 56.5 Å². The summed E-state index contributed by atoms with van der Waals surface area (Å²) in [6.07, 6.45) is 1.20. The molecule has 0 saturated carbocycles. The monoisotopic (exact) mass is 263 g/mol. The maximum absolute atomic E-state index is 12.2. The first-order valence-electron chi connectivity index (χ1n) is 6.88. The van der Waals surface area contributed by atoms with Crippen LogP contribution >= 0.6 is 0 Å². The number of hydrogen-bond donors (Lipinski definition) is 2. The summed E-state index contributed by atoms with van der Waals surface area (Å²) in [4.78, 5) is 12.2. The second kappa shape index (κ2) is 6.71. The molecule has 0 heterocycles. The van der Waals surface area contributed by atoms with E-state index in [1.807, 2.05) is 24.3 Å². The van der Waals surface area contributed by atoms with E-state index < -0.39 is 0 Å². The van der Waals surface area contributed by atoms with Crippen LogP contribution in [0.3, 0.4) is 0 Å². The summed E-state index contributed by atoms with van der Waals surface area (Å²) in [6.45, 7) is 8.67. The highest BCUT2D eigenvalue weighted by Crippen LogP contribution is 2.25. The Balaban J connectivity index is 2.67. The summed E-state index contributed by atoms with van der Waals surface area (Å²) in [6, 6.07) is 7.72. The summed E-state index contributed by atoms with van der Waals surface area (Å²) in [5, 5.41) is 12.1. The molecule has 3 heteroatoms. The first kappa shape index (κ1) is 15.7.